The van der Waals surface area contributed by atoms with Crippen molar-refractivity contribution in [2.45, 2.75) is 0 Å². The van der Waals surface area contributed by atoms with E-state index in [1.807, 2.05) is 5.32 Å². The van der Waals surface area contributed by atoms with Crippen molar-refractivity contribution in [2.75, 3.05) is 11.9 Å². The predicted molar refractivity (Wildman–Crippen MR) is 58.7 cm³/mol. The number of halogens is 2. The Kier molecular flexibility index (Phi) is 4.43. The third kappa shape index (κ3) is 3.74. The van der Waals surface area contributed by atoms with Gasteiger partial charge in [-0.05, 0) is 18.2 Å². The van der Waals surface area contributed by atoms with Gasteiger partial charge >= 0.3 is 11.8 Å². The normalized spacial score (nSPS) is 9.24. The SMILES string of the molecule is N#CCNC(=O)C(=O)Nc1ccc(Cl)c(F)c1. The molecule has 0 radical (unpaired) electrons. The standard InChI is InChI=1S/C10H7ClFN3O2/c11-7-2-1-6(5-8(7)12)15-10(17)9(16)14-4-3-13/h1-2,5H,4H2,(H,14,16)(H,15,17). The lowest BCUT2D eigenvalue weighted by molar-refractivity contribution is -0.136. The molecule has 0 fully saturated rings. The van der Waals surface area contributed by atoms with Crippen molar-refractivity contribution < 1.29 is 14.0 Å². The highest BCUT2D eigenvalue weighted by molar-refractivity contribution is 6.39. The van der Waals surface area contributed by atoms with Gasteiger partial charge in [-0.15, -0.1) is 0 Å². The molecule has 0 aliphatic heterocycles. The zero-order valence-corrected chi connectivity index (χ0v) is 9.21. The highest BCUT2D eigenvalue weighted by atomic mass is 35.5. The maximum Gasteiger partial charge on any atom is 0.313 e. The fourth-order valence-electron chi connectivity index (χ4n) is 0.962. The van der Waals surface area contributed by atoms with Gasteiger partial charge in [0.25, 0.3) is 0 Å². The molecule has 0 atom stereocenters. The number of nitrogens with zero attached hydrogens (tertiary/aromatic N) is 1. The molecule has 0 heterocycles. The minimum atomic E-state index is -0.984. The lowest BCUT2D eigenvalue weighted by Crippen LogP contribution is -2.35. The molecule has 1 aromatic carbocycles. The second-order valence-electron chi connectivity index (χ2n) is 2.92. The molecule has 0 aromatic heterocycles. The predicted octanol–water partition coefficient (Wildman–Crippen LogP) is 1.06. The number of carbonyl (C=O) groups excluding carboxylic acids is 2. The van der Waals surface area contributed by atoms with E-state index in [4.69, 9.17) is 16.9 Å². The maximum atomic E-state index is 13.0. The van der Waals surface area contributed by atoms with Gasteiger partial charge in [0.15, 0.2) is 0 Å². The van der Waals surface area contributed by atoms with Crippen molar-refractivity contribution in [1.29, 1.82) is 5.26 Å². The summed E-state index contributed by atoms with van der Waals surface area (Å²) in [5, 5.41) is 12.3. The van der Waals surface area contributed by atoms with E-state index < -0.39 is 17.6 Å². The lowest BCUT2D eigenvalue weighted by Gasteiger charge is -2.04. The Balaban J connectivity index is 2.65. The van der Waals surface area contributed by atoms with Crippen LogP contribution < -0.4 is 10.6 Å². The molecule has 0 spiro atoms. The van der Waals surface area contributed by atoms with Crippen molar-refractivity contribution in [3.63, 3.8) is 0 Å². The van der Waals surface area contributed by atoms with Crippen LogP contribution in [-0.2, 0) is 9.59 Å². The van der Waals surface area contributed by atoms with Gasteiger partial charge in [-0.2, -0.15) is 5.26 Å². The summed E-state index contributed by atoms with van der Waals surface area (Å²) in [6, 6.07) is 5.23. The van der Waals surface area contributed by atoms with Crippen molar-refractivity contribution in [3.05, 3.63) is 29.0 Å². The Morgan fingerprint density at radius 3 is 2.71 bits per heavy atom. The molecule has 0 aliphatic carbocycles. The van der Waals surface area contributed by atoms with Crippen molar-refractivity contribution in [3.8, 4) is 6.07 Å². The summed E-state index contributed by atoms with van der Waals surface area (Å²) in [6.45, 7) is -0.277. The molecule has 0 bridgehead atoms. The Morgan fingerprint density at radius 2 is 2.12 bits per heavy atom. The third-order valence-corrected chi connectivity index (χ3v) is 2.02. The molecule has 0 saturated carbocycles. The van der Waals surface area contributed by atoms with Crippen LogP contribution in [0.1, 0.15) is 0 Å². The number of nitrogens with one attached hydrogen (secondary N) is 2. The van der Waals surface area contributed by atoms with Crippen LogP contribution in [0.15, 0.2) is 18.2 Å². The Bertz CT molecular complexity index is 499. The van der Waals surface area contributed by atoms with Crippen LogP contribution in [0.5, 0.6) is 0 Å². The number of hydrogen-bond acceptors (Lipinski definition) is 3. The number of amides is 2. The van der Waals surface area contributed by atoms with Gasteiger partial charge in [0.1, 0.15) is 12.4 Å². The third-order valence-electron chi connectivity index (χ3n) is 1.71. The van der Waals surface area contributed by atoms with Crippen LogP contribution >= 0.6 is 11.6 Å². The van der Waals surface area contributed by atoms with E-state index in [1.165, 1.54) is 12.1 Å². The second-order valence-corrected chi connectivity index (χ2v) is 3.33. The first-order chi connectivity index (χ1) is 8.04. The second kappa shape index (κ2) is 5.82. The van der Waals surface area contributed by atoms with Crippen LogP contribution in [0, 0.1) is 17.1 Å². The largest absolute Gasteiger partial charge is 0.335 e. The number of benzene rings is 1. The number of hydrogen-bond donors (Lipinski definition) is 2. The summed E-state index contributed by atoms with van der Waals surface area (Å²) >= 11 is 5.45. The molecule has 2 amide bonds. The molecule has 17 heavy (non-hydrogen) atoms. The average Bonchev–Trinajstić information content (AvgIpc) is 2.30. The number of carbonyl (C=O) groups is 2. The summed E-state index contributed by atoms with van der Waals surface area (Å²) in [7, 11) is 0. The van der Waals surface area contributed by atoms with Crippen LogP contribution in [-0.4, -0.2) is 18.4 Å². The molecule has 1 aromatic rings. The monoisotopic (exact) mass is 255 g/mol. The van der Waals surface area contributed by atoms with E-state index in [-0.39, 0.29) is 17.3 Å². The zero-order chi connectivity index (χ0) is 12.8. The van der Waals surface area contributed by atoms with Crippen LogP contribution in [0.25, 0.3) is 0 Å². The summed E-state index contributed by atoms with van der Waals surface area (Å²) < 4.78 is 13.0. The molecule has 2 N–H and O–H groups in total. The lowest BCUT2D eigenvalue weighted by atomic mass is 10.3. The first-order valence-corrected chi connectivity index (χ1v) is 4.83. The van der Waals surface area contributed by atoms with Crippen molar-refractivity contribution in [1.82, 2.24) is 5.32 Å². The summed E-state index contributed by atoms with van der Waals surface area (Å²) in [6.07, 6.45) is 0. The van der Waals surface area contributed by atoms with Crippen LogP contribution in [0.4, 0.5) is 10.1 Å². The Labute approximate surface area is 101 Å². The highest BCUT2D eigenvalue weighted by Gasteiger charge is 2.13. The fourth-order valence-corrected chi connectivity index (χ4v) is 1.08. The maximum absolute atomic E-state index is 13.0. The smallest absolute Gasteiger partial charge is 0.313 e. The van der Waals surface area contributed by atoms with Crippen molar-refractivity contribution in [2.24, 2.45) is 0 Å². The Morgan fingerprint density at radius 1 is 1.41 bits per heavy atom. The first-order valence-electron chi connectivity index (χ1n) is 4.45. The van der Waals surface area contributed by atoms with E-state index in [0.29, 0.717) is 0 Å². The molecule has 0 aliphatic rings. The quantitative estimate of drug-likeness (QED) is 0.612. The van der Waals surface area contributed by atoms with Gasteiger partial charge in [-0.1, -0.05) is 11.6 Å². The van der Waals surface area contributed by atoms with E-state index in [2.05, 4.69) is 5.32 Å². The van der Waals surface area contributed by atoms with Gasteiger partial charge in [0, 0.05) is 5.69 Å². The topological polar surface area (TPSA) is 82.0 Å². The van der Waals surface area contributed by atoms with Crippen LogP contribution in [0.2, 0.25) is 5.02 Å². The molecule has 88 valence electrons. The molecule has 0 saturated heterocycles. The van der Waals surface area contributed by atoms with Gasteiger partial charge in [-0.3, -0.25) is 9.59 Å². The number of rotatable bonds is 2. The van der Waals surface area contributed by atoms with E-state index in [9.17, 15) is 14.0 Å². The van der Waals surface area contributed by atoms with E-state index in [0.717, 1.165) is 6.07 Å². The number of nitriles is 1. The molecule has 5 nitrogen and oxygen atoms in total. The summed E-state index contributed by atoms with van der Waals surface area (Å²) in [5.74, 6) is -2.66. The van der Waals surface area contributed by atoms with Crippen LogP contribution in [0.3, 0.4) is 0 Å². The van der Waals surface area contributed by atoms with Gasteiger partial charge in [0.2, 0.25) is 0 Å². The Hall–Kier alpha value is -2.13. The highest BCUT2D eigenvalue weighted by Crippen LogP contribution is 2.18. The number of anilines is 1. The fraction of sp³-hybridized carbons (Fsp3) is 0.100. The van der Waals surface area contributed by atoms with E-state index >= 15 is 0 Å². The zero-order valence-electron chi connectivity index (χ0n) is 8.46. The first kappa shape index (κ1) is 12.9. The van der Waals surface area contributed by atoms with Gasteiger partial charge in [-0.25, -0.2) is 4.39 Å². The molecule has 7 heteroatoms. The minimum Gasteiger partial charge on any atom is -0.335 e. The van der Waals surface area contributed by atoms with Crippen molar-refractivity contribution >= 4 is 29.1 Å². The van der Waals surface area contributed by atoms with Gasteiger partial charge in [0.05, 0.1) is 11.1 Å². The molecular weight excluding hydrogens is 249 g/mol. The summed E-state index contributed by atoms with van der Waals surface area (Å²) in [4.78, 5) is 22.3. The molecule has 0 unspecified atom stereocenters. The minimum absolute atomic E-state index is 0.0862. The molecule has 1 rings (SSSR count). The van der Waals surface area contributed by atoms with Gasteiger partial charge < -0.3 is 10.6 Å². The molecular formula is C10H7ClFN3O2. The average molecular weight is 256 g/mol. The summed E-state index contributed by atoms with van der Waals surface area (Å²) in [5.41, 5.74) is 0.101. The van der Waals surface area contributed by atoms with E-state index in [1.54, 1.807) is 6.07 Å².